The van der Waals surface area contributed by atoms with Crippen molar-refractivity contribution in [1.82, 2.24) is 0 Å². The summed E-state index contributed by atoms with van der Waals surface area (Å²) >= 11 is 5.68. The molecule has 0 aromatic carbocycles. The third-order valence-corrected chi connectivity index (χ3v) is 2.63. The van der Waals surface area contributed by atoms with Gasteiger partial charge in [-0.05, 0) is 20.3 Å². The summed E-state index contributed by atoms with van der Waals surface area (Å²) in [4.78, 5) is 0. The number of alkyl halides is 1. The van der Waals surface area contributed by atoms with Crippen LogP contribution in [-0.4, -0.2) is 70.1 Å². The van der Waals surface area contributed by atoms with E-state index in [1.807, 2.05) is 6.92 Å². The van der Waals surface area contributed by atoms with Crippen LogP contribution in [0.1, 0.15) is 20.3 Å². The third kappa shape index (κ3) is 13.2. The average molecular weight is 393 g/mol. The Morgan fingerprint density at radius 2 is 1.94 bits per heavy atom. The summed E-state index contributed by atoms with van der Waals surface area (Å²) in [7, 11) is -3.40. The first-order valence-corrected chi connectivity index (χ1v) is 7.41. The summed E-state index contributed by atoms with van der Waals surface area (Å²) in [6, 6.07) is 0. The Morgan fingerprint density at radius 1 is 1.35 bits per heavy atom. The van der Waals surface area contributed by atoms with E-state index in [4.69, 9.17) is 21.1 Å². The van der Waals surface area contributed by atoms with E-state index < -0.39 is 10.1 Å². The van der Waals surface area contributed by atoms with Crippen molar-refractivity contribution < 1.29 is 22.1 Å². The van der Waals surface area contributed by atoms with Gasteiger partial charge in [-0.25, -0.2) is 0 Å². The predicted octanol–water partition coefficient (Wildman–Crippen LogP) is 0.978. The van der Waals surface area contributed by atoms with Crippen LogP contribution in [0.25, 0.3) is 0 Å². The Labute approximate surface area is 125 Å². The zero-order chi connectivity index (χ0) is 12.6. The summed E-state index contributed by atoms with van der Waals surface area (Å²) in [6.45, 7) is 4.24. The topological polar surface area (TPSA) is 61.8 Å². The van der Waals surface area contributed by atoms with Gasteiger partial charge in [-0.2, -0.15) is 8.42 Å². The molecule has 0 saturated carbocycles. The van der Waals surface area contributed by atoms with Crippen molar-refractivity contribution in [3.05, 3.63) is 0 Å². The summed E-state index contributed by atoms with van der Waals surface area (Å²) in [6.07, 6.45) is 0.789. The van der Waals surface area contributed by atoms with Crippen LogP contribution in [0.2, 0.25) is 0 Å². The van der Waals surface area contributed by atoms with Crippen LogP contribution in [0.15, 0.2) is 0 Å². The predicted molar refractivity (Wildman–Crippen MR) is 67.8 cm³/mol. The van der Waals surface area contributed by atoms with E-state index in [0.717, 1.165) is 6.26 Å². The molecule has 5 nitrogen and oxygen atoms in total. The van der Waals surface area contributed by atoms with E-state index in [9.17, 15) is 8.42 Å². The van der Waals surface area contributed by atoms with E-state index in [-0.39, 0.29) is 48.8 Å². The summed E-state index contributed by atoms with van der Waals surface area (Å²) in [5.41, 5.74) is 0. The molecule has 0 aromatic heterocycles. The first-order valence-electron chi connectivity index (χ1n) is 5.06. The maximum absolute atomic E-state index is 10.7. The van der Waals surface area contributed by atoms with Gasteiger partial charge in [0.15, 0.2) is 6.29 Å². The van der Waals surface area contributed by atoms with E-state index in [0.29, 0.717) is 13.0 Å². The number of halogens is 1. The smallest absolute Gasteiger partial charge is 0.264 e. The maximum atomic E-state index is 10.7. The van der Waals surface area contributed by atoms with Crippen LogP contribution >= 0.6 is 11.6 Å². The van der Waals surface area contributed by atoms with Crippen LogP contribution in [-0.2, 0) is 23.8 Å². The van der Waals surface area contributed by atoms with Gasteiger partial charge in [0.25, 0.3) is 10.1 Å². The normalized spacial score (nSPS) is 15.1. The second-order valence-electron chi connectivity index (χ2n) is 3.25. The van der Waals surface area contributed by atoms with Crippen molar-refractivity contribution in [1.29, 1.82) is 0 Å². The first kappa shape index (κ1) is 20.2. The molecule has 1 unspecified atom stereocenters. The molecular weight excluding hydrogens is 374 g/mol. The van der Waals surface area contributed by atoms with Crippen molar-refractivity contribution >= 4 is 45.6 Å². The zero-order valence-corrected chi connectivity index (χ0v) is 14.7. The molecule has 0 rings (SSSR count). The first-order chi connectivity index (χ1) is 7.39. The second kappa shape index (κ2) is 10.8. The van der Waals surface area contributed by atoms with Gasteiger partial charge >= 0.3 is 0 Å². The Kier molecular flexibility index (Phi) is 12.9. The van der Waals surface area contributed by atoms with Crippen LogP contribution in [0.5, 0.6) is 0 Å². The van der Waals surface area contributed by atoms with Gasteiger partial charge in [0, 0.05) is 36.4 Å². The van der Waals surface area contributed by atoms with Gasteiger partial charge in [0.1, 0.15) is 0 Å². The molecule has 0 N–H and O–H groups in total. The average Bonchev–Trinajstić information content (AvgIpc) is 2.14. The quantitative estimate of drug-likeness (QED) is 0.253. The number of hydrogen-bond acceptors (Lipinski definition) is 5. The van der Waals surface area contributed by atoms with Crippen molar-refractivity contribution in [3.63, 3.8) is 0 Å². The fraction of sp³-hybridized carbons (Fsp3) is 1.00. The van der Waals surface area contributed by atoms with Gasteiger partial charge < -0.3 is 9.47 Å². The molecule has 2 atom stereocenters. The largest absolute Gasteiger partial charge is 0.353 e. The van der Waals surface area contributed by atoms with Crippen molar-refractivity contribution in [2.24, 2.45) is 0 Å². The standard InChI is InChI=1S/C9H19ClO5S.Sn/c1-4-13-8(2)15-9(7-10)5-6-14-16(3,11)12;/h8-9H,4-7H2,1-3H3;/t8?,9-;/m0./s1. The molecule has 8 heteroatoms. The minimum absolute atomic E-state index is 0. The van der Waals surface area contributed by atoms with Crippen molar-refractivity contribution in [2.45, 2.75) is 32.7 Å². The Balaban J connectivity index is 0. The summed E-state index contributed by atoms with van der Waals surface area (Å²) in [5, 5.41) is 0. The monoisotopic (exact) mass is 394 g/mol. The van der Waals surface area contributed by atoms with Crippen molar-refractivity contribution in [2.75, 3.05) is 25.3 Å². The molecule has 0 aliphatic heterocycles. The molecule has 0 saturated heterocycles. The van der Waals surface area contributed by atoms with Gasteiger partial charge in [-0.1, -0.05) is 0 Å². The van der Waals surface area contributed by atoms with Crippen LogP contribution in [0.4, 0.5) is 0 Å². The van der Waals surface area contributed by atoms with E-state index in [1.165, 1.54) is 0 Å². The van der Waals surface area contributed by atoms with Gasteiger partial charge in [0.2, 0.25) is 0 Å². The molecule has 17 heavy (non-hydrogen) atoms. The summed E-state index contributed by atoms with van der Waals surface area (Å²) in [5.74, 6) is 0.268. The Hall–Kier alpha value is 0.919. The van der Waals surface area contributed by atoms with Crippen LogP contribution < -0.4 is 0 Å². The molecule has 0 aliphatic carbocycles. The molecule has 0 fully saturated rings. The van der Waals surface area contributed by atoms with Gasteiger partial charge in [-0.3, -0.25) is 4.18 Å². The molecule has 0 heterocycles. The zero-order valence-electron chi connectivity index (χ0n) is 10.3. The van der Waals surface area contributed by atoms with Gasteiger partial charge in [-0.15, -0.1) is 11.6 Å². The Bertz CT molecular complexity index is 273. The van der Waals surface area contributed by atoms with Gasteiger partial charge in [0.05, 0.1) is 19.0 Å². The number of hydrogen-bond donors (Lipinski definition) is 0. The molecule has 0 amide bonds. The van der Waals surface area contributed by atoms with Crippen LogP contribution in [0.3, 0.4) is 0 Å². The van der Waals surface area contributed by atoms with E-state index in [1.54, 1.807) is 6.92 Å². The second-order valence-corrected chi connectivity index (χ2v) is 5.20. The number of rotatable bonds is 9. The molecule has 0 aliphatic rings. The molecule has 102 valence electrons. The van der Waals surface area contributed by atoms with Crippen LogP contribution in [0, 0.1) is 0 Å². The fourth-order valence-electron chi connectivity index (χ4n) is 1.06. The minimum atomic E-state index is -3.40. The minimum Gasteiger partial charge on any atom is -0.353 e. The molecular formula is C9H19ClO5SSn. The number of ether oxygens (including phenoxy) is 2. The summed E-state index contributed by atoms with van der Waals surface area (Å²) < 4.78 is 36.6. The van der Waals surface area contributed by atoms with Crippen molar-refractivity contribution in [3.8, 4) is 0 Å². The molecule has 0 spiro atoms. The SMILES string of the molecule is CCOC(C)O[C@H](CCl)CCOS(C)(=O)=O.[Sn]. The van der Waals surface area contributed by atoms with E-state index >= 15 is 0 Å². The molecule has 4 radical (unpaired) electrons. The molecule has 0 aromatic rings. The van der Waals surface area contributed by atoms with E-state index in [2.05, 4.69) is 4.18 Å². The third-order valence-electron chi connectivity index (χ3n) is 1.69. The maximum Gasteiger partial charge on any atom is 0.264 e. The Morgan fingerprint density at radius 3 is 2.35 bits per heavy atom. The fourth-order valence-corrected chi connectivity index (χ4v) is 1.68. The molecule has 0 bridgehead atoms.